The summed E-state index contributed by atoms with van der Waals surface area (Å²) in [5, 5.41) is 0.672. The van der Waals surface area contributed by atoms with E-state index in [1.165, 1.54) is 6.07 Å². The lowest BCUT2D eigenvalue weighted by Gasteiger charge is -2.33. The van der Waals surface area contributed by atoms with Gasteiger partial charge in [0, 0.05) is 30.1 Å². The van der Waals surface area contributed by atoms with Gasteiger partial charge in [-0.25, -0.2) is 4.39 Å². The van der Waals surface area contributed by atoms with Gasteiger partial charge in [-0.15, -0.1) is 0 Å². The number of hydrogen-bond donors (Lipinski definition) is 0. The molecule has 1 rings (SSSR count). The van der Waals surface area contributed by atoms with Gasteiger partial charge >= 0.3 is 0 Å². The van der Waals surface area contributed by atoms with Crippen molar-refractivity contribution in [1.82, 2.24) is 4.90 Å². The van der Waals surface area contributed by atoms with Crippen LogP contribution in [0.3, 0.4) is 0 Å². The summed E-state index contributed by atoms with van der Waals surface area (Å²) in [5.74, 6) is -0.176. The van der Waals surface area contributed by atoms with Crippen molar-refractivity contribution in [3.63, 3.8) is 0 Å². The first kappa shape index (κ1) is 15.4. The first-order valence-corrected chi connectivity index (χ1v) is 7.37. The Balaban J connectivity index is 3.00. The van der Waals surface area contributed by atoms with Gasteiger partial charge in [-0.3, -0.25) is 0 Å². The van der Waals surface area contributed by atoms with E-state index in [0.29, 0.717) is 11.4 Å². The zero-order chi connectivity index (χ0) is 13.7. The van der Waals surface area contributed by atoms with Crippen LogP contribution in [0.5, 0.6) is 0 Å². The Morgan fingerprint density at radius 2 is 2.00 bits per heavy atom. The van der Waals surface area contributed by atoms with Crippen molar-refractivity contribution in [2.24, 2.45) is 0 Å². The van der Waals surface area contributed by atoms with Crippen LogP contribution in [0.2, 0.25) is 0 Å². The average molecular weight is 317 g/mol. The Bertz CT molecular complexity index is 382. The van der Waals surface area contributed by atoms with Gasteiger partial charge in [0.15, 0.2) is 0 Å². The van der Waals surface area contributed by atoms with Gasteiger partial charge in [0.2, 0.25) is 0 Å². The number of halogens is 2. The van der Waals surface area contributed by atoms with Crippen molar-refractivity contribution in [3.05, 3.63) is 29.6 Å². The maximum atomic E-state index is 13.3. The standard InChI is InChI=1S/C14H22BrFN2/c1-5-18(11(2)10-17(3)4)14-7-6-13(16)8-12(14)9-15/h6-8,11H,5,9-10H2,1-4H3. The van der Waals surface area contributed by atoms with Gasteiger partial charge in [0.05, 0.1) is 0 Å². The van der Waals surface area contributed by atoms with Crippen LogP contribution >= 0.6 is 15.9 Å². The quantitative estimate of drug-likeness (QED) is 0.741. The second-order valence-electron chi connectivity index (χ2n) is 4.80. The SMILES string of the molecule is CCN(c1ccc(F)cc1CBr)C(C)CN(C)C. The number of anilines is 1. The highest BCUT2D eigenvalue weighted by Gasteiger charge is 2.16. The van der Waals surface area contributed by atoms with E-state index in [9.17, 15) is 4.39 Å². The van der Waals surface area contributed by atoms with E-state index in [1.807, 2.05) is 6.07 Å². The summed E-state index contributed by atoms with van der Waals surface area (Å²) >= 11 is 3.44. The Hall–Kier alpha value is -0.610. The molecule has 0 aliphatic rings. The molecule has 1 unspecified atom stereocenters. The lowest BCUT2D eigenvalue weighted by Crippen LogP contribution is -2.40. The molecule has 0 saturated carbocycles. The van der Waals surface area contributed by atoms with Crippen molar-refractivity contribution in [2.75, 3.05) is 32.1 Å². The van der Waals surface area contributed by atoms with Crippen LogP contribution in [0.25, 0.3) is 0 Å². The number of alkyl halides is 1. The summed E-state index contributed by atoms with van der Waals surface area (Å²) in [4.78, 5) is 4.49. The third kappa shape index (κ3) is 3.95. The molecular weight excluding hydrogens is 295 g/mol. The Kier molecular flexibility index (Phi) is 6.09. The molecule has 1 aromatic rings. The lowest BCUT2D eigenvalue weighted by molar-refractivity contribution is 0.373. The van der Waals surface area contributed by atoms with Crippen molar-refractivity contribution >= 4 is 21.6 Å². The van der Waals surface area contributed by atoms with Crippen molar-refractivity contribution < 1.29 is 4.39 Å². The molecule has 0 spiro atoms. The van der Waals surface area contributed by atoms with Crippen molar-refractivity contribution in [3.8, 4) is 0 Å². The van der Waals surface area contributed by atoms with E-state index in [0.717, 1.165) is 24.3 Å². The van der Waals surface area contributed by atoms with E-state index in [-0.39, 0.29) is 5.82 Å². The topological polar surface area (TPSA) is 6.48 Å². The number of nitrogens with zero attached hydrogens (tertiary/aromatic N) is 2. The number of likely N-dealkylation sites (N-methyl/N-ethyl adjacent to an activating group) is 2. The third-order valence-corrected chi connectivity index (χ3v) is 3.60. The molecule has 1 aromatic carbocycles. The van der Waals surface area contributed by atoms with Crippen LogP contribution in [0, 0.1) is 5.82 Å². The minimum absolute atomic E-state index is 0.176. The minimum atomic E-state index is -0.176. The summed E-state index contributed by atoms with van der Waals surface area (Å²) in [6.07, 6.45) is 0. The maximum absolute atomic E-state index is 13.3. The van der Waals surface area contributed by atoms with E-state index in [1.54, 1.807) is 6.07 Å². The zero-order valence-electron chi connectivity index (χ0n) is 11.6. The molecule has 0 bridgehead atoms. The molecule has 0 N–H and O–H groups in total. The van der Waals surface area contributed by atoms with E-state index >= 15 is 0 Å². The fourth-order valence-corrected chi connectivity index (χ4v) is 2.74. The molecule has 0 saturated heterocycles. The second-order valence-corrected chi connectivity index (χ2v) is 5.36. The molecule has 0 aliphatic carbocycles. The molecule has 0 fully saturated rings. The highest BCUT2D eigenvalue weighted by Crippen LogP contribution is 2.25. The Morgan fingerprint density at radius 1 is 1.33 bits per heavy atom. The van der Waals surface area contributed by atoms with Crippen LogP contribution in [0.15, 0.2) is 18.2 Å². The van der Waals surface area contributed by atoms with Crippen LogP contribution in [0.4, 0.5) is 10.1 Å². The van der Waals surface area contributed by atoms with Crippen molar-refractivity contribution in [2.45, 2.75) is 25.2 Å². The summed E-state index contributed by atoms with van der Waals surface area (Å²) < 4.78 is 13.3. The van der Waals surface area contributed by atoms with Gasteiger partial charge < -0.3 is 9.80 Å². The lowest BCUT2D eigenvalue weighted by atomic mass is 10.1. The summed E-state index contributed by atoms with van der Waals surface area (Å²) in [6.45, 7) is 6.23. The molecule has 102 valence electrons. The highest BCUT2D eigenvalue weighted by atomic mass is 79.9. The van der Waals surface area contributed by atoms with Crippen LogP contribution < -0.4 is 4.90 Å². The number of hydrogen-bond acceptors (Lipinski definition) is 2. The predicted molar refractivity (Wildman–Crippen MR) is 80.1 cm³/mol. The molecule has 0 radical (unpaired) electrons. The van der Waals surface area contributed by atoms with Crippen LogP contribution in [0.1, 0.15) is 19.4 Å². The van der Waals surface area contributed by atoms with Gasteiger partial charge in [-0.2, -0.15) is 0 Å². The predicted octanol–water partition coefficient (Wildman–Crippen LogP) is 3.50. The average Bonchev–Trinajstić information content (AvgIpc) is 2.30. The fourth-order valence-electron chi connectivity index (χ4n) is 2.29. The summed E-state index contributed by atoms with van der Waals surface area (Å²) in [6, 6.07) is 5.41. The van der Waals surface area contributed by atoms with Gasteiger partial charge in [0.25, 0.3) is 0 Å². The molecular formula is C14H22BrFN2. The molecule has 0 aromatic heterocycles. The van der Waals surface area contributed by atoms with E-state index in [2.05, 4.69) is 53.7 Å². The molecule has 18 heavy (non-hydrogen) atoms. The first-order valence-electron chi connectivity index (χ1n) is 6.25. The van der Waals surface area contributed by atoms with Crippen molar-refractivity contribution in [1.29, 1.82) is 0 Å². The van der Waals surface area contributed by atoms with Crippen LogP contribution in [-0.4, -0.2) is 38.1 Å². The number of rotatable bonds is 6. The van der Waals surface area contributed by atoms with Gasteiger partial charge in [-0.05, 0) is 51.7 Å². The fraction of sp³-hybridized carbons (Fsp3) is 0.571. The third-order valence-electron chi connectivity index (χ3n) is 3.00. The normalized spacial score (nSPS) is 12.8. The number of benzene rings is 1. The summed E-state index contributed by atoms with van der Waals surface area (Å²) in [7, 11) is 4.14. The van der Waals surface area contributed by atoms with Crippen LogP contribution in [-0.2, 0) is 5.33 Å². The van der Waals surface area contributed by atoms with Gasteiger partial charge in [-0.1, -0.05) is 15.9 Å². The zero-order valence-corrected chi connectivity index (χ0v) is 13.2. The molecule has 2 nitrogen and oxygen atoms in total. The first-order chi connectivity index (χ1) is 8.49. The Morgan fingerprint density at radius 3 is 2.50 bits per heavy atom. The largest absolute Gasteiger partial charge is 0.368 e. The highest BCUT2D eigenvalue weighted by molar-refractivity contribution is 9.08. The smallest absolute Gasteiger partial charge is 0.123 e. The molecule has 1 atom stereocenters. The molecule has 0 aliphatic heterocycles. The maximum Gasteiger partial charge on any atom is 0.123 e. The molecule has 4 heteroatoms. The van der Waals surface area contributed by atoms with Gasteiger partial charge in [0.1, 0.15) is 5.82 Å². The summed E-state index contributed by atoms with van der Waals surface area (Å²) in [5.41, 5.74) is 2.12. The minimum Gasteiger partial charge on any atom is -0.368 e. The molecule has 0 heterocycles. The second kappa shape index (κ2) is 7.10. The monoisotopic (exact) mass is 316 g/mol. The van der Waals surface area contributed by atoms with E-state index < -0.39 is 0 Å². The van der Waals surface area contributed by atoms with E-state index in [4.69, 9.17) is 0 Å². The molecule has 0 amide bonds. The Labute approximate surface area is 118 Å².